The molecule has 0 saturated carbocycles. The molecule has 98 valence electrons. The number of ether oxygens (including phenoxy) is 1. The number of hydrogen-bond donors (Lipinski definition) is 1. The Labute approximate surface area is 103 Å². The summed E-state index contributed by atoms with van der Waals surface area (Å²) in [5.41, 5.74) is -0.273. The fourth-order valence-electron chi connectivity index (χ4n) is 2.03. The maximum Gasteiger partial charge on any atom is 0.150 e. The molecule has 1 aromatic carbocycles. The van der Waals surface area contributed by atoms with Crippen molar-refractivity contribution in [2.75, 3.05) is 31.3 Å². The van der Waals surface area contributed by atoms with Crippen LogP contribution in [0.3, 0.4) is 0 Å². The molecule has 0 bridgehead atoms. The maximum atomic E-state index is 13.8. The predicted molar refractivity (Wildman–Crippen MR) is 60.8 cm³/mol. The second-order valence-electron chi connectivity index (χ2n) is 4.06. The fourth-order valence-corrected chi connectivity index (χ4v) is 2.03. The predicted octanol–water partition coefficient (Wildman–Crippen LogP) is 0.975. The molecule has 1 saturated heterocycles. The van der Waals surface area contributed by atoms with Gasteiger partial charge >= 0.3 is 0 Å². The highest BCUT2D eigenvalue weighted by molar-refractivity contribution is 5.76. The Morgan fingerprint density at radius 1 is 1.44 bits per heavy atom. The average molecular weight is 257 g/mol. The van der Waals surface area contributed by atoms with E-state index < -0.39 is 17.7 Å². The number of nitrogens with zero attached hydrogens (tertiary/aromatic N) is 1. The molecule has 1 N–H and O–H groups in total. The first-order valence-electron chi connectivity index (χ1n) is 5.57. The van der Waals surface area contributed by atoms with Crippen LogP contribution < -0.4 is 4.90 Å². The van der Waals surface area contributed by atoms with E-state index in [0.29, 0.717) is 19.4 Å². The molecule has 1 fully saturated rings. The number of aliphatic hydroxyl groups is 1. The van der Waals surface area contributed by atoms with Gasteiger partial charge in [-0.1, -0.05) is 0 Å². The van der Waals surface area contributed by atoms with Gasteiger partial charge in [0.1, 0.15) is 23.6 Å². The highest BCUT2D eigenvalue weighted by Gasteiger charge is 2.27. The highest BCUT2D eigenvalue weighted by atomic mass is 19.1. The Balaban J connectivity index is 2.39. The summed E-state index contributed by atoms with van der Waals surface area (Å²) in [6.45, 7) is 0.587. The molecule has 0 radical (unpaired) electrons. The normalized spacial score (nSPS) is 19.9. The van der Waals surface area contributed by atoms with Crippen LogP contribution in [0.4, 0.5) is 14.5 Å². The molecule has 0 aliphatic carbocycles. The van der Waals surface area contributed by atoms with Crippen molar-refractivity contribution in [3.63, 3.8) is 0 Å². The molecule has 18 heavy (non-hydrogen) atoms. The minimum absolute atomic E-state index is 0.0532. The Hall–Kier alpha value is -1.53. The van der Waals surface area contributed by atoms with E-state index in [1.54, 1.807) is 0 Å². The van der Waals surface area contributed by atoms with E-state index in [1.165, 1.54) is 4.90 Å². The molecule has 0 spiro atoms. The number of anilines is 1. The van der Waals surface area contributed by atoms with E-state index >= 15 is 0 Å². The lowest BCUT2D eigenvalue weighted by molar-refractivity contribution is 0.0719. The van der Waals surface area contributed by atoms with Gasteiger partial charge in [-0.2, -0.15) is 0 Å². The van der Waals surface area contributed by atoms with Crippen LogP contribution in [0.2, 0.25) is 0 Å². The second-order valence-corrected chi connectivity index (χ2v) is 4.06. The quantitative estimate of drug-likeness (QED) is 0.820. The van der Waals surface area contributed by atoms with Crippen molar-refractivity contribution in [1.82, 2.24) is 0 Å². The Morgan fingerprint density at radius 2 is 2.11 bits per heavy atom. The molecule has 2 rings (SSSR count). The summed E-state index contributed by atoms with van der Waals surface area (Å²) in [6.07, 6.45) is 0.388. The summed E-state index contributed by atoms with van der Waals surface area (Å²) in [5.74, 6) is -1.62. The largest absolute Gasteiger partial charge is 0.394 e. The van der Waals surface area contributed by atoms with Crippen LogP contribution >= 0.6 is 0 Å². The van der Waals surface area contributed by atoms with Crippen LogP contribution in [-0.4, -0.2) is 43.8 Å². The molecule has 0 aromatic heterocycles. The summed E-state index contributed by atoms with van der Waals surface area (Å²) in [4.78, 5) is 11.9. The third-order valence-electron chi connectivity index (χ3n) is 2.90. The van der Waals surface area contributed by atoms with E-state index in [4.69, 9.17) is 4.74 Å². The first-order chi connectivity index (χ1) is 8.67. The summed E-state index contributed by atoms with van der Waals surface area (Å²) in [6, 6.07) is 1.48. The zero-order valence-corrected chi connectivity index (χ0v) is 9.60. The van der Waals surface area contributed by atoms with Gasteiger partial charge in [-0.15, -0.1) is 0 Å². The number of halogens is 2. The highest BCUT2D eigenvalue weighted by Crippen LogP contribution is 2.27. The van der Waals surface area contributed by atoms with Gasteiger partial charge in [0.2, 0.25) is 0 Å². The zero-order valence-electron chi connectivity index (χ0n) is 9.60. The molecule has 6 heteroatoms. The Morgan fingerprint density at radius 3 is 2.67 bits per heavy atom. The van der Waals surface area contributed by atoms with Crippen LogP contribution in [0.1, 0.15) is 10.4 Å². The molecule has 4 nitrogen and oxygen atoms in total. The lowest BCUT2D eigenvalue weighted by Crippen LogP contribution is -2.48. The molecule has 1 atom stereocenters. The smallest absolute Gasteiger partial charge is 0.150 e. The van der Waals surface area contributed by atoms with Crippen LogP contribution in [0.15, 0.2) is 12.1 Å². The van der Waals surface area contributed by atoms with Crippen molar-refractivity contribution >= 4 is 12.0 Å². The third kappa shape index (κ3) is 2.34. The molecule has 0 amide bonds. The number of rotatable bonds is 3. The fraction of sp³-hybridized carbons (Fsp3) is 0.417. The number of aldehydes is 1. The number of aliphatic hydroxyl groups excluding tert-OH is 1. The summed E-state index contributed by atoms with van der Waals surface area (Å²) >= 11 is 0. The molecule has 1 aliphatic heterocycles. The Kier molecular flexibility index (Phi) is 3.88. The van der Waals surface area contributed by atoms with Gasteiger partial charge in [0, 0.05) is 12.1 Å². The standard InChI is InChI=1S/C12H13F2NO3/c13-10-3-8(5-16)4-11(14)12(10)15-1-2-18-7-9(15)6-17/h3-5,9,17H,1-2,6-7H2. The lowest BCUT2D eigenvalue weighted by Gasteiger charge is -2.36. The first kappa shape index (κ1) is 12.9. The maximum absolute atomic E-state index is 13.8. The van der Waals surface area contributed by atoms with E-state index in [-0.39, 0.29) is 24.5 Å². The van der Waals surface area contributed by atoms with Gasteiger partial charge in [0.25, 0.3) is 0 Å². The van der Waals surface area contributed by atoms with Gasteiger partial charge in [-0.25, -0.2) is 8.78 Å². The molecule has 1 heterocycles. The van der Waals surface area contributed by atoms with E-state index in [0.717, 1.165) is 12.1 Å². The molecular formula is C12H13F2NO3. The minimum atomic E-state index is -0.808. The van der Waals surface area contributed by atoms with Crippen LogP contribution in [0, 0.1) is 11.6 Å². The lowest BCUT2D eigenvalue weighted by atomic mass is 10.1. The van der Waals surface area contributed by atoms with Crippen molar-refractivity contribution in [3.8, 4) is 0 Å². The van der Waals surface area contributed by atoms with Crippen molar-refractivity contribution in [1.29, 1.82) is 0 Å². The van der Waals surface area contributed by atoms with Crippen LogP contribution in [-0.2, 0) is 4.74 Å². The van der Waals surface area contributed by atoms with Crippen LogP contribution in [0.25, 0.3) is 0 Å². The van der Waals surface area contributed by atoms with E-state index in [1.807, 2.05) is 0 Å². The average Bonchev–Trinajstić information content (AvgIpc) is 2.38. The van der Waals surface area contributed by atoms with Crippen molar-refractivity contribution < 1.29 is 23.4 Å². The molecule has 1 aromatic rings. The molecule has 1 unspecified atom stereocenters. The minimum Gasteiger partial charge on any atom is -0.394 e. The summed E-state index contributed by atoms with van der Waals surface area (Å²) in [5, 5.41) is 9.18. The number of carbonyl (C=O) groups excluding carboxylic acids is 1. The second kappa shape index (κ2) is 5.41. The van der Waals surface area contributed by atoms with E-state index in [9.17, 15) is 18.7 Å². The molecular weight excluding hydrogens is 244 g/mol. The number of hydrogen-bond acceptors (Lipinski definition) is 4. The van der Waals surface area contributed by atoms with Gasteiger partial charge < -0.3 is 14.7 Å². The van der Waals surface area contributed by atoms with Gasteiger partial charge in [0.05, 0.1) is 25.9 Å². The van der Waals surface area contributed by atoms with E-state index in [2.05, 4.69) is 0 Å². The van der Waals surface area contributed by atoms with Gasteiger partial charge in [0.15, 0.2) is 0 Å². The van der Waals surface area contributed by atoms with Crippen LogP contribution in [0.5, 0.6) is 0 Å². The van der Waals surface area contributed by atoms with Crippen molar-refractivity contribution in [2.24, 2.45) is 0 Å². The van der Waals surface area contributed by atoms with Gasteiger partial charge in [-0.3, -0.25) is 4.79 Å². The Bertz CT molecular complexity index is 430. The SMILES string of the molecule is O=Cc1cc(F)c(N2CCOCC2CO)c(F)c1. The van der Waals surface area contributed by atoms with Crippen molar-refractivity contribution in [3.05, 3.63) is 29.3 Å². The number of morpholine rings is 1. The number of carbonyl (C=O) groups is 1. The zero-order chi connectivity index (χ0) is 13.1. The number of benzene rings is 1. The summed E-state index contributed by atoms with van der Waals surface area (Å²) < 4.78 is 32.8. The monoisotopic (exact) mass is 257 g/mol. The summed E-state index contributed by atoms with van der Waals surface area (Å²) in [7, 11) is 0. The third-order valence-corrected chi connectivity index (χ3v) is 2.90. The first-order valence-corrected chi connectivity index (χ1v) is 5.57. The van der Waals surface area contributed by atoms with Crippen molar-refractivity contribution in [2.45, 2.75) is 6.04 Å². The molecule has 1 aliphatic rings. The van der Waals surface area contributed by atoms with Gasteiger partial charge in [-0.05, 0) is 12.1 Å². The topological polar surface area (TPSA) is 49.8 Å².